The molecule has 4 aromatic rings. The van der Waals surface area contributed by atoms with Crippen molar-refractivity contribution in [1.29, 1.82) is 5.26 Å². The van der Waals surface area contributed by atoms with E-state index in [0.29, 0.717) is 16.8 Å². The summed E-state index contributed by atoms with van der Waals surface area (Å²) in [5.41, 5.74) is 3.12. The van der Waals surface area contributed by atoms with Gasteiger partial charge in [-0.25, -0.2) is 9.78 Å². The number of hydrogen-bond acceptors (Lipinski definition) is 4. The Bertz CT molecular complexity index is 1120. The van der Waals surface area contributed by atoms with Gasteiger partial charge in [0.1, 0.15) is 12.7 Å². The third-order valence-corrected chi connectivity index (χ3v) is 4.11. The van der Waals surface area contributed by atoms with Crippen LogP contribution in [0.25, 0.3) is 11.2 Å². The number of aromatic nitrogens is 3. The number of carbonyl (C=O) groups excluding carboxylic acids is 1. The lowest BCUT2D eigenvalue weighted by molar-refractivity contribution is 0.0463. The molecule has 0 unspecified atom stereocenters. The van der Waals surface area contributed by atoms with Crippen molar-refractivity contribution < 1.29 is 9.53 Å². The Morgan fingerprint density at radius 2 is 1.96 bits per heavy atom. The predicted molar refractivity (Wildman–Crippen MR) is 94.8 cm³/mol. The second kappa shape index (κ2) is 6.57. The molecule has 6 nitrogen and oxygen atoms in total. The summed E-state index contributed by atoms with van der Waals surface area (Å²) in [5.74, 6) is -0.495. The summed E-state index contributed by atoms with van der Waals surface area (Å²) in [6, 6.07) is 17.2. The van der Waals surface area contributed by atoms with E-state index in [4.69, 9.17) is 4.74 Å². The van der Waals surface area contributed by atoms with Crippen LogP contribution in [0.1, 0.15) is 21.6 Å². The second-order valence-corrected chi connectivity index (χ2v) is 5.69. The van der Waals surface area contributed by atoms with Gasteiger partial charge >= 0.3 is 5.97 Å². The lowest BCUT2D eigenvalue weighted by Crippen LogP contribution is -2.10. The van der Waals surface area contributed by atoms with Gasteiger partial charge in [0, 0.05) is 23.6 Å². The number of hydrogen-bond donors (Lipinski definition) is 0. The molecule has 0 amide bonds. The van der Waals surface area contributed by atoms with Crippen molar-refractivity contribution in [3.05, 3.63) is 90.3 Å². The summed E-state index contributed by atoms with van der Waals surface area (Å²) < 4.78 is 8.96. The van der Waals surface area contributed by atoms with Crippen LogP contribution in [0.4, 0.5) is 0 Å². The van der Waals surface area contributed by atoms with Crippen LogP contribution in [-0.2, 0) is 11.3 Å². The van der Waals surface area contributed by atoms with Crippen LogP contribution in [0.15, 0.2) is 73.4 Å². The van der Waals surface area contributed by atoms with E-state index in [1.807, 2.05) is 59.1 Å². The maximum atomic E-state index is 12.5. The third kappa shape index (κ3) is 2.72. The normalized spacial score (nSPS) is 10.6. The van der Waals surface area contributed by atoms with Gasteiger partial charge in [-0.1, -0.05) is 24.3 Å². The van der Waals surface area contributed by atoms with Crippen LogP contribution < -0.4 is 0 Å². The minimum Gasteiger partial charge on any atom is -0.456 e. The van der Waals surface area contributed by atoms with E-state index in [1.54, 1.807) is 17.1 Å². The molecule has 26 heavy (non-hydrogen) atoms. The molecule has 1 aromatic carbocycles. The summed E-state index contributed by atoms with van der Waals surface area (Å²) in [5, 5.41) is 9.43. The zero-order valence-electron chi connectivity index (χ0n) is 13.7. The first-order valence-electron chi connectivity index (χ1n) is 8.01. The van der Waals surface area contributed by atoms with Crippen LogP contribution in [-0.4, -0.2) is 19.9 Å². The molecule has 0 bridgehead atoms. The van der Waals surface area contributed by atoms with Gasteiger partial charge in [-0.05, 0) is 24.3 Å². The van der Waals surface area contributed by atoms with Gasteiger partial charge in [-0.15, -0.1) is 0 Å². The molecule has 6 heteroatoms. The first-order chi connectivity index (χ1) is 12.8. The number of esters is 1. The minimum atomic E-state index is -0.495. The maximum absolute atomic E-state index is 12.5. The molecule has 0 saturated carbocycles. The topological polar surface area (TPSA) is 72.3 Å². The van der Waals surface area contributed by atoms with Crippen molar-refractivity contribution in [2.45, 2.75) is 6.61 Å². The van der Waals surface area contributed by atoms with Crippen LogP contribution in [0, 0.1) is 11.3 Å². The van der Waals surface area contributed by atoms with Crippen LogP contribution in [0.3, 0.4) is 0 Å². The number of fused-ring (bicyclic) bond motifs is 1. The fourth-order valence-corrected chi connectivity index (χ4v) is 2.87. The fraction of sp³-hybridized carbons (Fsp3) is 0.0500. The van der Waals surface area contributed by atoms with E-state index in [1.165, 1.54) is 6.20 Å². The zero-order valence-corrected chi connectivity index (χ0v) is 13.7. The molecule has 0 aliphatic heterocycles. The molecule has 0 atom stereocenters. The summed E-state index contributed by atoms with van der Waals surface area (Å²) >= 11 is 0. The summed E-state index contributed by atoms with van der Waals surface area (Å²) in [6.45, 7) is 0.0172. The van der Waals surface area contributed by atoms with Crippen LogP contribution >= 0.6 is 0 Å². The number of rotatable bonds is 4. The van der Waals surface area contributed by atoms with Crippen molar-refractivity contribution in [2.75, 3.05) is 0 Å². The highest BCUT2D eigenvalue weighted by molar-refractivity contribution is 5.88. The van der Waals surface area contributed by atoms with Crippen molar-refractivity contribution in [2.24, 2.45) is 0 Å². The molecule has 4 rings (SSSR count). The third-order valence-electron chi connectivity index (χ3n) is 4.11. The Kier molecular flexibility index (Phi) is 3.96. The monoisotopic (exact) mass is 342 g/mol. The minimum absolute atomic E-state index is 0.0172. The predicted octanol–water partition coefficient (Wildman–Crippen LogP) is 3.35. The summed E-state index contributed by atoms with van der Waals surface area (Å²) in [6.07, 6.45) is 6.69. The number of nitriles is 1. The average Bonchev–Trinajstić information content (AvgIpc) is 3.31. The lowest BCUT2D eigenvalue weighted by atomic mass is 10.2. The molecule has 0 aliphatic rings. The van der Waals surface area contributed by atoms with Crippen molar-refractivity contribution in [3.63, 3.8) is 0 Å². The molecule has 3 aromatic heterocycles. The Morgan fingerprint density at radius 1 is 1.15 bits per heavy atom. The number of benzene rings is 1. The Labute approximate surface area is 149 Å². The quantitative estimate of drug-likeness (QED) is 0.533. The standard InChI is InChI=1S/C20H14N4O2/c21-10-17-15(12-23-9-5-4-8-18(17)23)13-26-20(25)19-11-22-14-24(19)16-6-2-1-3-7-16/h1-9,11-12,14H,13H2. The number of pyridine rings is 1. The van der Waals surface area contributed by atoms with Gasteiger partial charge in [0.25, 0.3) is 0 Å². The molecule has 0 fully saturated rings. The summed E-state index contributed by atoms with van der Waals surface area (Å²) in [4.78, 5) is 16.6. The van der Waals surface area contributed by atoms with Crippen molar-refractivity contribution >= 4 is 11.5 Å². The van der Waals surface area contributed by atoms with Gasteiger partial charge in [0.15, 0.2) is 5.69 Å². The summed E-state index contributed by atoms with van der Waals surface area (Å²) in [7, 11) is 0. The van der Waals surface area contributed by atoms with Gasteiger partial charge in [0.2, 0.25) is 0 Å². The molecule has 0 spiro atoms. The first kappa shape index (κ1) is 15.7. The highest BCUT2D eigenvalue weighted by Crippen LogP contribution is 2.19. The Balaban J connectivity index is 1.58. The number of imidazole rings is 1. The number of ether oxygens (including phenoxy) is 1. The van der Waals surface area contributed by atoms with Crippen LogP contribution in [0.5, 0.6) is 0 Å². The van der Waals surface area contributed by atoms with E-state index in [9.17, 15) is 10.1 Å². The molecule has 0 N–H and O–H groups in total. The number of carbonyl (C=O) groups is 1. The van der Waals surface area contributed by atoms with Gasteiger partial charge in [-0.2, -0.15) is 5.26 Å². The SMILES string of the molecule is N#Cc1c(COC(=O)c2cncn2-c2ccccc2)cn2ccccc12. The maximum Gasteiger partial charge on any atom is 0.357 e. The molecule has 0 aliphatic carbocycles. The molecular weight excluding hydrogens is 328 g/mol. The largest absolute Gasteiger partial charge is 0.456 e. The van der Waals surface area contributed by atoms with Crippen molar-refractivity contribution in [1.82, 2.24) is 14.0 Å². The Morgan fingerprint density at radius 3 is 2.77 bits per heavy atom. The fourth-order valence-electron chi connectivity index (χ4n) is 2.87. The highest BCUT2D eigenvalue weighted by atomic mass is 16.5. The van der Waals surface area contributed by atoms with Gasteiger partial charge in [0.05, 0.1) is 23.6 Å². The second-order valence-electron chi connectivity index (χ2n) is 5.69. The van der Waals surface area contributed by atoms with Crippen LogP contribution in [0.2, 0.25) is 0 Å². The van der Waals surface area contributed by atoms with E-state index in [0.717, 1.165) is 11.2 Å². The Hall–Kier alpha value is -3.85. The highest BCUT2D eigenvalue weighted by Gasteiger charge is 2.17. The molecular formula is C20H14N4O2. The van der Waals surface area contributed by atoms with E-state index < -0.39 is 5.97 Å². The van der Waals surface area contributed by atoms with E-state index in [-0.39, 0.29) is 6.61 Å². The molecule has 0 saturated heterocycles. The van der Waals surface area contributed by atoms with Gasteiger partial charge < -0.3 is 9.14 Å². The average molecular weight is 342 g/mol. The number of nitrogens with zero attached hydrogens (tertiary/aromatic N) is 4. The smallest absolute Gasteiger partial charge is 0.357 e. The van der Waals surface area contributed by atoms with E-state index >= 15 is 0 Å². The first-order valence-corrected chi connectivity index (χ1v) is 8.01. The molecule has 0 radical (unpaired) electrons. The lowest BCUT2D eigenvalue weighted by Gasteiger charge is -2.08. The van der Waals surface area contributed by atoms with Crippen molar-refractivity contribution in [3.8, 4) is 11.8 Å². The zero-order chi connectivity index (χ0) is 17.9. The molecule has 3 heterocycles. The van der Waals surface area contributed by atoms with E-state index in [2.05, 4.69) is 11.1 Å². The number of para-hydroxylation sites is 1. The van der Waals surface area contributed by atoms with Gasteiger partial charge in [-0.3, -0.25) is 4.57 Å². The molecule has 126 valence electrons.